The Morgan fingerprint density at radius 3 is 1.16 bits per heavy atom. The van der Waals surface area contributed by atoms with Crippen LogP contribution in [0.25, 0.3) is 0 Å². The Bertz CT molecular complexity index is 224. The molecule has 0 saturated heterocycles. The molecule has 19 heavy (non-hydrogen) atoms. The monoisotopic (exact) mass is 316 g/mol. The summed E-state index contributed by atoms with van der Waals surface area (Å²) in [5.74, 6) is 0. The zero-order chi connectivity index (χ0) is 15.3. The summed E-state index contributed by atoms with van der Waals surface area (Å²) in [7, 11) is -5.85. The third kappa shape index (κ3) is 15.9. The SMILES string of the molecule is CCN(CC)CCN(CC)CC.O=[P+](O)O[P+](=O)O. The van der Waals surface area contributed by atoms with E-state index in [9.17, 15) is 9.13 Å². The number of rotatable bonds is 9. The van der Waals surface area contributed by atoms with Gasteiger partial charge in [-0.2, -0.15) is 0 Å². The molecule has 0 aromatic carbocycles. The second-order valence-corrected chi connectivity index (χ2v) is 5.22. The van der Waals surface area contributed by atoms with E-state index in [1.165, 1.54) is 39.3 Å². The average Bonchev–Trinajstić information content (AvgIpc) is 2.34. The maximum atomic E-state index is 9.39. The molecule has 0 aromatic rings. The van der Waals surface area contributed by atoms with Gasteiger partial charge in [0, 0.05) is 22.2 Å². The first kappa shape index (κ1) is 21.3. The van der Waals surface area contributed by atoms with E-state index >= 15 is 0 Å². The molecule has 0 aliphatic heterocycles. The summed E-state index contributed by atoms with van der Waals surface area (Å²) in [6, 6.07) is 0. The summed E-state index contributed by atoms with van der Waals surface area (Å²) in [6.07, 6.45) is 0. The molecule has 0 saturated carbocycles. The minimum absolute atomic E-state index is 1.18. The molecule has 9 heteroatoms. The zero-order valence-corrected chi connectivity index (χ0v) is 13.9. The molecule has 0 radical (unpaired) electrons. The predicted octanol–water partition coefficient (Wildman–Crippen LogP) is 1.97. The summed E-state index contributed by atoms with van der Waals surface area (Å²) in [4.78, 5) is 20.3. The molecule has 0 aromatic heterocycles. The van der Waals surface area contributed by atoms with E-state index in [1.807, 2.05) is 0 Å². The van der Waals surface area contributed by atoms with Gasteiger partial charge in [-0.1, -0.05) is 27.7 Å². The van der Waals surface area contributed by atoms with Crippen molar-refractivity contribution >= 4 is 16.5 Å². The summed E-state index contributed by atoms with van der Waals surface area (Å²) >= 11 is 0. The van der Waals surface area contributed by atoms with Crippen LogP contribution in [0, 0.1) is 0 Å². The molecule has 0 fully saturated rings. The molecule has 2 unspecified atom stereocenters. The van der Waals surface area contributed by atoms with Gasteiger partial charge in [-0.15, -0.1) is 9.79 Å². The topological polar surface area (TPSA) is 90.3 Å². The molecule has 2 atom stereocenters. The normalized spacial score (nSPS) is 12.2. The van der Waals surface area contributed by atoms with Crippen LogP contribution >= 0.6 is 16.5 Å². The molecule has 7 nitrogen and oxygen atoms in total. The van der Waals surface area contributed by atoms with Gasteiger partial charge in [0.25, 0.3) is 0 Å². The number of likely N-dealkylation sites (N-methyl/N-ethyl adjacent to an activating group) is 2. The molecular weight excluding hydrogens is 290 g/mol. The second-order valence-electron chi connectivity index (χ2n) is 3.61. The molecule has 0 aliphatic carbocycles. The van der Waals surface area contributed by atoms with Crippen LogP contribution in [-0.2, 0) is 13.4 Å². The van der Waals surface area contributed by atoms with Crippen LogP contribution < -0.4 is 0 Å². The van der Waals surface area contributed by atoms with Gasteiger partial charge < -0.3 is 9.80 Å². The smallest absolute Gasteiger partial charge is 0.303 e. The average molecular weight is 316 g/mol. The highest BCUT2D eigenvalue weighted by atomic mass is 31.2. The maximum absolute atomic E-state index is 9.39. The summed E-state index contributed by atoms with van der Waals surface area (Å²) in [5, 5.41) is 0. The standard InChI is InChI=1S/C10H24N2.O5P2/c1-5-11(6-2)9-10-12(7-3)8-4;1-6(2)5-7(3)4/h5-10H2,1-4H3;/p+2. The van der Waals surface area contributed by atoms with E-state index in [0.29, 0.717) is 0 Å². The molecule has 2 N–H and O–H groups in total. The molecule has 0 aliphatic rings. The van der Waals surface area contributed by atoms with Gasteiger partial charge in [0.15, 0.2) is 4.31 Å². The minimum Gasteiger partial charge on any atom is -0.303 e. The Hall–Kier alpha value is -0.0000000000000000763. The Morgan fingerprint density at radius 2 is 1.05 bits per heavy atom. The number of nitrogens with zero attached hydrogens (tertiary/aromatic N) is 2. The molecule has 0 bridgehead atoms. The molecule has 0 rings (SSSR count). The van der Waals surface area contributed by atoms with Gasteiger partial charge in [-0.3, -0.25) is 0 Å². The van der Waals surface area contributed by atoms with Crippen LogP contribution in [0.1, 0.15) is 27.7 Å². The van der Waals surface area contributed by atoms with Gasteiger partial charge >= 0.3 is 16.5 Å². The van der Waals surface area contributed by atoms with Crippen molar-refractivity contribution in [2.45, 2.75) is 27.7 Å². The highest BCUT2D eigenvalue weighted by molar-refractivity contribution is 7.46. The van der Waals surface area contributed by atoms with Crippen molar-refractivity contribution < 1.29 is 23.2 Å². The van der Waals surface area contributed by atoms with Crippen LogP contribution in [0.2, 0.25) is 0 Å². The van der Waals surface area contributed by atoms with E-state index in [1.54, 1.807) is 0 Å². The Kier molecular flexibility index (Phi) is 16.2. The lowest BCUT2D eigenvalue weighted by Crippen LogP contribution is -2.34. The first-order valence-electron chi connectivity index (χ1n) is 6.36. The van der Waals surface area contributed by atoms with Crippen molar-refractivity contribution in [1.82, 2.24) is 9.80 Å². The molecule has 114 valence electrons. The Balaban J connectivity index is 0. The van der Waals surface area contributed by atoms with Crippen molar-refractivity contribution in [2.75, 3.05) is 39.3 Å². The van der Waals surface area contributed by atoms with Gasteiger partial charge in [0.05, 0.1) is 0 Å². The predicted molar refractivity (Wildman–Crippen MR) is 76.3 cm³/mol. The van der Waals surface area contributed by atoms with Crippen molar-refractivity contribution in [1.29, 1.82) is 0 Å². The van der Waals surface area contributed by atoms with Gasteiger partial charge in [-0.05, 0) is 26.2 Å². The van der Waals surface area contributed by atoms with Crippen LogP contribution in [0.15, 0.2) is 0 Å². The third-order valence-corrected chi connectivity index (χ3v) is 3.78. The lowest BCUT2D eigenvalue weighted by atomic mass is 10.4. The van der Waals surface area contributed by atoms with Crippen LogP contribution in [0.4, 0.5) is 0 Å². The number of hydrogen-bond donors (Lipinski definition) is 2. The first-order chi connectivity index (χ1) is 8.90. The fraction of sp³-hybridized carbons (Fsp3) is 1.00. The largest absolute Gasteiger partial charge is 0.745 e. The molecule has 0 heterocycles. The van der Waals surface area contributed by atoms with Gasteiger partial charge in [0.2, 0.25) is 0 Å². The van der Waals surface area contributed by atoms with E-state index < -0.39 is 16.5 Å². The van der Waals surface area contributed by atoms with E-state index in [0.717, 1.165) is 0 Å². The Morgan fingerprint density at radius 1 is 0.789 bits per heavy atom. The van der Waals surface area contributed by atoms with Crippen molar-refractivity contribution in [2.24, 2.45) is 0 Å². The lowest BCUT2D eigenvalue weighted by molar-refractivity contribution is 0.227. The quantitative estimate of drug-likeness (QED) is 0.628. The van der Waals surface area contributed by atoms with E-state index in [2.05, 4.69) is 41.8 Å². The van der Waals surface area contributed by atoms with Crippen molar-refractivity contribution in [3.05, 3.63) is 0 Å². The highest BCUT2D eigenvalue weighted by Crippen LogP contribution is 2.30. The van der Waals surface area contributed by atoms with Crippen molar-refractivity contribution in [3.8, 4) is 0 Å². The summed E-state index contributed by atoms with van der Waals surface area (Å²) in [6.45, 7) is 16.1. The van der Waals surface area contributed by atoms with Gasteiger partial charge in [-0.25, -0.2) is 0 Å². The van der Waals surface area contributed by atoms with E-state index in [4.69, 9.17) is 9.79 Å². The summed E-state index contributed by atoms with van der Waals surface area (Å²) < 4.78 is 22.2. The summed E-state index contributed by atoms with van der Waals surface area (Å²) in [5.41, 5.74) is 0. The van der Waals surface area contributed by atoms with Crippen LogP contribution in [0.5, 0.6) is 0 Å². The van der Waals surface area contributed by atoms with E-state index in [-0.39, 0.29) is 0 Å². The van der Waals surface area contributed by atoms with Crippen LogP contribution in [-0.4, -0.2) is 58.9 Å². The first-order valence-corrected chi connectivity index (χ1v) is 8.62. The fourth-order valence-corrected chi connectivity index (χ4v) is 1.90. The Labute approximate surface area is 117 Å². The molecule has 0 spiro atoms. The van der Waals surface area contributed by atoms with Crippen molar-refractivity contribution in [3.63, 3.8) is 0 Å². The lowest BCUT2D eigenvalue weighted by Gasteiger charge is -2.23. The zero-order valence-electron chi connectivity index (χ0n) is 12.2. The van der Waals surface area contributed by atoms with Crippen LogP contribution in [0.3, 0.4) is 0 Å². The molecular formula is C10H26N2O5P2+2. The minimum atomic E-state index is -2.92. The number of hydrogen-bond acceptors (Lipinski definition) is 5. The van der Waals surface area contributed by atoms with Gasteiger partial charge in [0.1, 0.15) is 0 Å². The third-order valence-electron chi connectivity index (χ3n) is 2.66. The highest BCUT2D eigenvalue weighted by Gasteiger charge is 2.31. The fourth-order valence-electron chi connectivity index (χ4n) is 1.42. The maximum Gasteiger partial charge on any atom is 0.745 e. The molecule has 0 amide bonds. The second kappa shape index (κ2) is 14.4.